The maximum atomic E-state index is 13.8. The van der Waals surface area contributed by atoms with Gasteiger partial charge in [-0.15, -0.1) is 0 Å². The van der Waals surface area contributed by atoms with Crippen LogP contribution in [0.5, 0.6) is 0 Å². The Morgan fingerprint density at radius 1 is 0.364 bits per heavy atom. The van der Waals surface area contributed by atoms with Crippen LogP contribution in [0.1, 0.15) is 144 Å². The highest BCUT2D eigenvalue weighted by Gasteiger charge is 2.36. The van der Waals surface area contributed by atoms with E-state index in [2.05, 4.69) is 191 Å². The predicted molar refractivity (Wildman–Crippen MR) is 320 cm³/mol. The van der Waals surface area contributed by atoms with Crippen molar-refractivity contribution >= 4 is 11.6 Å². The lowest BCUT2D eigenvalue weighted by atomic mass is 9.66. The molecule has 9 aromatic rings. The van der Waals surface area contributed by atoms with Gasteiger partial charge in [0.1, 0.15) is 11.6 Å². The Morgan fingerprint density at radius 3 is 1.04 bits per heavy atom. The van der Waals surface area contributed by atoms with Crippen molar-refractivity contribution in [3.8, 4) is 67.0 Å². The minimum atomic E-state index is -0.248. The second-order valence-corrected chi connectivity index (χ2v) is 25.2. The molecule has 390 valence electrons. The van der Waals surface area contributed by atoms with Crippen molar-refractivity contribution in [1.82, 2.24) is 9.97 Å². The normalized spacial score (nSPS) is 16.2. The number of halogens is 3. The van der Waals surface area contributed by atoms with Crippen LogP contribution in [0.2, 0.25) is 5.02 Å². The van der Waals surface area contributed by atoms with Gasteiger partial charge < -0.3 is 0 Å². The van der Waals surface area contributed by atoms with E-state index in [0.29, 0.717) is 0 Å². The summed E-state index contributed by atoms with van der Waals surface area (Å²) in [5.41, 5.74) is 22.6. The molecule has 2 atom stereocenters. The summed E-state index contributed by atoms with van der Waals surface area (Å²) >= 11 is 7.37. The second kappa shape index (κ2) is 21.1. The largest absolute Gasteiger partial charge is 0.256 e. The highest BCUT2D eigenvalue weighted by molar-refractivity contribution is 6.31. The summed E-state index contributed by atoms with van der Waals surface area (Å²) in [7, 11) is 0. The van der Waals surface area contributed by atoms with Gasteiger partial charge in [0.2, 0.25) is 0 Å². The van der Waals surface area contributed by atoms with Crippen molar-refractivity contribution in [3.63, 3.8) is 0 Å². The number of hydrogen-bond donors (Lipinski definition) is 0. The Morgan fingerprint density at radius 2 is 0.675 bits per heavy atom. The molecule has 2 heterocycles. The van der Waals surface area contributed by atoms with Crippen molar-refractivity contribution < 1.29 is 8.78 Å². The lowest BCUT2D eigenvalue weighted by Crippen LogP contribution is -2.22. The molecule has 1 fully saturated rings. The fourth-order valence-corrected chi connectivity index (χ4v) is 11.9. The lowest BCUT2D eigenvalue weighted by molar-refractivity contribution is 0.352. The summed E-state index contributed by atoms with van der Waals surface area (Å²) in [6.07, 6.45) is 6.75. The zero-order chi connectivity index (χ0) is 54.6. The van der Waals surface area contributed by atoms with Crippen LogP contribution in [0, 0.1) is 25.5 Å². The molecule has 1 saturated carbocycles. The van der Waals surface area contributed by atoms with Gasteiger partial charge in [0.05, 0.1) is 11.4 Å². The van der Waals surface area contributed by atoms with Crippen LogP contribution in [-0.2, 0) is 16.2 Å². The molecule has 10 rings (SSSR count). The van der Waals surface area contributed by atoms with Gasteiger partial charge in [0.15, 0.2) is 0 Å². The molecule has 0 bridgehead atoms. The molecular weight excluding hydrogens is 966 g/mol. The summed E-state index contributed by atoms with van der Waals surface area (Å²) < 4.78 is 27.6. The van der Waals surface area contributed by atoms with Crippen LogP contribution in [0.4, 0.5) is 8.78 Å². The average Bonchev–Trinajstić information content (AvgIpc) is 3.41. The zero-order valence-electron chi connectivity index (χ0n) is 46.6. The number of hydrogen-bond acceptors (Lipinski definition) is 2. The number of pyridine rings is 2. The van der Waals surface area contributed by atoms with Gasteiger partial charge in [-0.25, -0.2) is 8.78 Å². The van der Waals surface area contributed by atoms with Crippen LogP contribution < -0.4 is 0 Å². The van der Waals surface area contributed by atoms with E-state index in [1.54, 1.807) is 0 Å². The van der Waals surface area contributed by atoms with E-state index >= 15 is 0 Å². The SMILES string of the molecule is Cc1cc(-c2ccc(-c3cc(C(C)(C)C)ccc3C3CC(c4cc(C(C)(C)C)ccc4Cl)CC(c4ccc(C(C)(C)C)cc4-c4ccc(-c5cc(C)c(-c6ccc(F)cc6)cn5)cc4)C3)cc2)ncc1-c1ccc(F)cc1. The molecule has 1 aliphatic rings. The van der Waals surface area contributed by atoms with Gasteiger partial charge >= 0.3 is 0 Å². The number of rotatable bonds is 9. The Bertz CT molecular complexity index is 3380. The molecule has 77 heavy (non-hydrogen) atoms. The number of aryl methyl sites for hydroxylation is 2. The maximum Gasteiger partial charge on any atom is 0.123 e. The molecule has 2 unspecified atom stereocenters. The van der Waals surface area contributed by atoms with Gasteiger partial charge in [-0.2, -0.15) is 0 Å². The molecule has 1 aliphatic carbocycles. The monoisotopic (exact) mass is 1040 g/mol. The van der Waals surface area contributed by atoms with E-state index in [1.165, 1.54) is 79.9 Å². The third-order valence-electron chi connectivity index (χ3n) is 16.2. The molecule has 2 nitrogen and oxygen atoms in total. The molecule has 0 radical (unpaired) electrons. The van der Waals surface area contributed by atoms with Crippen molar-refractivity contribution in [2.24, 2.45) is 0 Å². The fourth-order valence-electron chi connectivity index (χ4n) is 11.6. The quantitative estimate of drug-likeness (QED) is 0.144. The van der Waals surface area contributed by atoms with Crippen molar-refractivity contribution in [2.75, 3.05) is 0 Å². The molecular formula is C72H71ClF2N2. The lowest BCUT2D eigenvalue weighted by Gasteiger charge is -2.39. The summed E-state index contributed by atoms with van der Waals surface area (Å²) in [4.78, 5) is 9.84. The van der Waals surface area contributed by atoms with Gasteiger partial charge in [0, 0.05) is 39.7 Å². The smallest absolute Gasteiger partial charge is 0.123 e. The summed E-state index contributed by atoms with van der Waals surface area (Å²) in [6.45, 7) is 24.8. The first-order chi connectivity index (χ1) is 36.6. The number of aromatic nitrogens is 2. The van der Waals surface area contributed by atoms with Crippen molar-refractivity contribution in [2.45, 2.75) is 129 Å². The first kappa shape index (κ1) is 53.4. The van der Waals surface area contributed by atoms with Crippen LogP contribution in [0.25, 0.3) is 67.0 Å². The summed E-state index contributed by atoms with van der Waals surface area (Å²) in [5, 5.41) is 0.837. The van der Waals surface area contributed by atoms with E-state index < -0.39 is 0 Å². The Balaban J connectivity index is 1.05. The van der Waals surface area contributed by atoms with Crippen molar-refractivity contribution in [1.29, 1.82) is 0 Å². The molecule has 7 aromatic carbocycles. The Labute approximate surface area is 461 Å². The van der Waals surface area contributed by atoms with Crippen LogP contribution in [0.3, 0.4) is 0 Å². The topological polar surface area (TPSA) is 25.8 Å². The van der Waals surface area contributed by atoms with Gasteiger partial charge in [-0.3, -0.25) is 9.97 Å². The minimum absolute atomic E-state index is 0.0330. The van der Waals surface area contributed by atoms with Gasteiger partial charge in [0.25, 0.3) is 0 Å². The number of nitrogens with zero attached hydrogens (tertiary/aromatic N) is 2. The molecule has 0 N–H and O–H groups in total. The molecule has 2 aromatic heterocycles. The van der Waals surface area contributed by atoms with Crippen molar-refractivity contribution in [3.05, 3.63) is 237 Å². The predicted octanol–water partition coefficient (Wildman–Crippen LogP) is 20.8. The standard InChI is InChI=1S/C72H71ClF2N2/c1-44-34-68(76-42-65(44)48-20-27-58(74)28-21-48)50-16-12-46(13-17-50)62-39-55(70(3,4)5)24-31-60(62)52-36-53(38-54(37-52)64-41-57(72(9,10)11)26-33-67(64)73)61-32-25-56(71(6,7)8)40-63(61)47-14-18-51(19-15-47)69-35-45(2)66(43-77-69)49-22-29-59(75)30-23-49/h12-35,39-43,52-54H,36-38H2,1-11H3. The summed E-state index contributed by atoms with van der Waals surface area (Å²) in [5.74, 6) is 0.169. The van der Waals surface area contributed by atoms with E-state index in [1.807, 2.05) is 36.7 Å². The van der Waals surface area contributed by atoms with Crippen LogP contribution in [-0.4, -0.2) is 9.97 Å². The van der Waals surface area contributed by atoms with Gasteiger partial charge in [-0.1, -0.05) is 195 Å². The minimum Gasteiger partial charge on any atom is -0.256 e. The molecule has 0 aliphatic heterocycles. The van der Waals surface area contributed by atoms with E-state index in [-0.39, 0.29) is 45.6 Å². The first-order valence-electron chi connectivity index (χ1n) is 27.3. The average molecular weight is 1040 g/mol. The Hall–Kier alpha value is -7.01. The second-order valence-electron chi connectivity index (χ2n) is 24.8. The third-order valence-corrected chi connectivity index (χ3v) is 16.6. The Kier molecular flexibility index (Phi) is 14.6. The molecule has 0 spiro atoms. The van der Waals surface area contributed by atoms with E-state index in [4.69, 9.17) is 21.6 Å². The zero-order valence-corrected chi connectivity index (χ0v) is 47.4. The highest BCUT2D eigenvalue weighted by Crippen LogP contribution is 2.53. The third kappa shape index (κ3) is 11.5. The van der Waals surface area contributed by atoms with E-state index in [0.717, 1.165) is 80.2 Å². The summed E-state index contributed by atoms with van der Waals surface area (Å²) in [6, 6.07) is 56.7. The molecule has 0 amide bonds. The molecule has 5 heteroatoms. The van der Waals surface area contributed by atoms with E-state index in [9.17, 15) is 8.78 Å². The van der Waals surface area contributed by atoms with Gasteiger partial charge in [-0.05, 0) is 187 Å². The molecule has 0 saturated heterocycles. The maximum absolute atomic E-state index is 13.8. The number of benzene rings is 7. The van der Waals surface area contributed by atoms with Crippen LogP contribution in [0.15, 0.2) is 176 Å². The highest BCUT2D eigenvalue weighted by atomic mass is 35.5. The van der Waals surface area contributed by atoms with Crippen LogP contribution >= 0.6 is 11.6 Å². The first-order valence-corrected chi connectivity index (χ1v) is 27.7. The fraction of sp³-hybridized carbons (Fsp3) is 0.278.